The molecule has 29 heteroatoms. The second kappa shape index (κ2) is 38.8. The monoisotopic (exact) mass is 1440 g/mol. The Hall–Kier alpha value is -10.2. The number of nitrogen functional groups attached to an aromatic ring is 4. The number of nitrogens with zero attached hydrogens (tertiary/aromatic N) is 9. The Balaban J connectivity index is 0.000000243. The SMILES string of the molecule is CC(C)(C)OC(=O)NCc1cc(N)ncc1Br.CC(C)(C)OC(=O)NCc1cc2nccn2cc1Br.CC(C)(C)OC(=O)NCc1ccnc(N)c1.NCc1cc2nccn2cc1-c1ccccc1.NCc1ccnc(N)c1.OB(O)c1ccccc1.[C-]#[N+]c1ccnc(N)c1. The number of hydrogen-bond acceptors (Lipinski definition) is 20. The lowest BCUT2D eigenvalue weighted by Crippen LogP contribution is -2.32. The van der Waals surface area contributed by atoms with Gasteiger partial charge in [0, 0.05) is 109 Å². The Labute approximate surface area is 575 Å². The van der Waals surface area contributed by atoms with Crippen molar-refractivity contribution in [2.45, 2.75) is 112 Å². The van der Waals surface area contributed by atoms with Crippen LogP contribution in [-0.2, 0) is 46.9 Å². The van der Waals surface area contributed by atoms with E-state index < -0.39 is 42.2 Å². The number of nitrogens with one attached hydrogen (secondary N) is 3. The third-order valence-electron chi connectivity index (χ3n) is 11.8. The van der Waals surface area contributed by atoms with E-state index in [1.165, 1.54) is 23.4 Å². The van der Waals surface area contributed by atoms with Crippen LogP contribution in [0, 0.1) is 6.57 Å². The lowest BCUT2D eigenvalue weighted by molar-refractivity contribution is 0.0512. The molecule has 0 fully saturated rings. The van der Waals surface area contributed by atoms with Crippen molar-refractivity contribution in [3.63, 3.8) is 0 Å². The lowest BCUT2D eigenvalue weighted by Gasteiger charge is -2.19. The van der Waals surface area contributed by atoms with Crippen LogP contribution in [0.2, 0.25) is 0 Å². The van der Waals surface area contributed by atoms with Crippen molar-refractivity contribution in [3.8, 4) is 11.1 Å². The molecule has 0 atom stereocenters. The minimum absolute atomic E-state index is 0.336. The molecule has 0 unspecified atom stereocenters. The highest BCUT2D eigenvalue weighted by molar-refractivity contribution is 9.10. The number of imidazole rings is 2. The van der Waals surface area contributed by atoms with Crippen LogP contribution >= 0.6 is 31.9 Å². The number of nitrogens with two attached hydrogens (primary N) is 6. The molecule has 8 heterocycles. The number of rotatable bonds is 10. The zero-order valence-corrected chi connectivity index (χ0v) is 58.1. The van der Waals surface area contributed by atoms with E-state index >= 15 is 0 Å². The van der Waals surface area contributed by atoms with E-state index in [4.69, 9.17) is 65.2 Å². The first-order valence-electron chi connectivity index (χ1n) is 29.6. The van der Waals surface area contributed by atoms with E-state index in [1.807, 2.05) is 132 Å². The Bertz CT molecular complexity index is 4080. The van der Waals surface area contributed by atoms with Gasteiger partial charge in [0.15, 0.2) is 5.69 Å². The second-order valence-corrected chi connectivity index (χ2v) is 25.0. The predicted molar refractivity (Wildman–Crippen MR) is 383 cm³/mol. The molecule has 26 nitrogen and oxygen atoms in total. The van der Waals surface area contributed by atoms with Crippen LogP contribution < -0.4 is 55.8 Å². The molecule has 0 aliphatic rings. The molecular weight excluding hydrogens is 1360 g/mol. The number of anilines is 4. The molecule has 0 aliphatic heterocycles. The Kier molecular flexibility index (Phi) is 31.7. The van der Waals surface area contributed by atoms with Crippen LogP contribution in [0.1, 0.15) is 90.1 Å². The number of alkyl carbamates (subject to hydrolysis) is 3. The third-order valence-corrected chi connectivity index (χ3v) is 13.3. The molecule has 0 bridgehead atoms. The molecule has 10 rings (SSSR count). The van der Waals surface area contributed by atoms with Gasteiger partial charge in [0.2, 0.25) is 0 Å². The molecule has 10 aromatic rings. The molecule has 0 radical (unpaired) electrons. The first kappa shape index (κ1) is 78.2. The highest BCUT2D eigenvalue weighted by atomic mass is 79.9. The van der Waals surface area contributed by atoms with Gasteiger partial charge in [0.1, 0.15) is 51.4 Å². The number of carbonyl (C=O) groups excluding carboxylic acids is 3. The molecular formula is C67H83BBr2N18O8. The van der Waals surface area contributed by atoms with Gasteiger partial charge in [0.05, 0.1) is 6.57 Å². The minimum atomic E-state index is -1.34. The number of aromatic nitrogens is 8. The Morgan fingerprint density at radius 3 is 1.40 bits per heavy atom. The summed E-state index contributed by atoms with van der Waals surface area (Å²) >= 11 is 6.80. The first-order chi connectivity index (χ1) is 45.3. The highest BCUT2D eigenvalue weighted by Crippen LogP contribution is 2.25. The van der Waals surface area contributed by atoms with Gasteiger partial charge in [-0.25, -0.2) is 49.1 Å². The summed E-state index contributed by atoms with van der Waals surface area (Å²) in [5.41, 5.74) is 41.4. The van der Waals surface area contributed by atoms with E-state index in [2.05, 4.69) is 101 Å². The lowest BCUT2D eigenvalue weighted by atomic mass is 9.81. The van der Waals surface area contributed by atoms with Crippen molar-refractivity contribution in [1.29, 1.82) is 0 Å². The van der Waals surface area contributed by atoms with E-state index in [0.717, 1.165) is 48.1 Å². The van der Waals surface area contributed by atoms with Crippen molar-refractivity contribution >= 4 is 103 Å². The molecule has 0 saturated heterocycles. The van der Waals surface area contributed by atoms with Crippen molar-refractivity contribution in [2.75, 3.05) is 22.9 Å². The summed E-state index contributed by atoms with van der Waals surface area (Å²) in [7, 11) is -1.34. The largest absolute Gasteiger partial charge is 0.488 e. The van der Waals surface area contributed by atoms with Gasteiger partial charge in [-0.05, 0) is 188 Å². The summed E-state index contributed by atoms with van der Waals surface area (Å²) in [5.74, 6) is 1.76. The van der Waals surface area contributed by atoms with E-state index in [9.17, 15) is 14.4 Å². The predicted octanol–water partition coefficient (Wildman–Crippen LogP) is 10.4. The average Bonchev–Trinajstić information content (AvgIpc) is 1.52. The van der Waals surface area contributed by atoms with Gasteiger partial charge >= 0.3 is 25.4 Å². The minimum Gasteiger partial charge on any atom is -0.444 e. The zero-order chi connectivity index (χ0) is 71.0. The topological polar surface area (TPSA) is 402 Å². The quantitative estimate of drug-likeness (QED) is 0.0344. The third kappa shape index (κ3) is 30.7. The molecule has 2 aromatic carbocycles. The number of benzene rings is 2. The van der Waals surface area contributed by atoms with Crippen LogP contribution in [0.15, 0.2) is 186 Å². The fourth-order valence-electron chi connectivity index (χ4n) is 7.60. The number of amides is 3. The van der Waals surface area contributed by atoms with Crippen molar-refractivity contribution in [2.24, 2.45) is 11.5 Å². The van der Waals surface area contributed by atoms with Gasteiger partial charge in [-0.2, -0.15) is 0 Å². The molecule has 8 aromatic heterocycles. The maximum atomic E-state index is 11.6. The summed E-state index contributed by atoms with van der Waals surface area (Å²) in [6.45, 7) is 25.1. The molecule has 3 amide bonds. The van der Waals surface area contributed by atoms with Crippen molar-refractivity contribution in [1.82, 2.24) is 54.7 Å². The molecule has 96 heavy (non-hydrogen) atoms. The van der Waals surface area contributed by atoms with Crippen LogP contribution in [-0.4, -0.2) is 91.0 Å². The average molecular weight is 1440 g/mol. The normalized spacial score (nSPS) is 10.5. The Morgan fingerprint density at radius 1 is 0.521 bits per heavy atom. The van der Waals surface area contributed by atoms with E-state index in [1.54, 1.807) is 85.6 Å². The van der Waals surface area contributed by atoms with Gasteiger partial charge in [-0.3, -0.25) is 0 Å². The smallest absolute Gasteiger partial charge is 0.444 e. The summed E-state index contributed by atoms with van der Waals surface area (Å²) < 4.78 is 21.0. The van der Waals surface area contributed by atoms with Gasteiger partial charge < -0.3 is 83.4 Å². The van der Waals surface area contributed by atoms with Crippen LogP contribution in [0.25, 0.3) is 27.3 Å². The second-order valence-electron chi connectivity index (χ2n) is 23.3. The zero-order valence-electron chi connectivity index (χ0n) is 54.9. The summed E-state index contributed by atoms with van der Waals surface area (Å²) in [5, 5.41) is 25.2. The van der Waals surface area contributed by atoms with Crippen molar-refractivity contribution in [3.05, 3.63) is 225 Å². The van der Waals surface area contributed by atoms with Crippen molar-refractivity contribution < 1.29 is 38.6 Å². The first-order valence-corrected chi connectivity index (χ1v) is 31.2. The maximum absolute atomic E-state index is 11.6. The molecule has 0 saturated carbocycles. The van der Waals surface area contributed by atoms with Gasteiger partial charge in [-0.15, -0.1) is 0 Å². The molecule has 17 N–H and O–H groups in total. The number of carbonyl (C=O) groups is 3. The highest BCUT2D eigenvalue weighted by Gasteiger charge is 2.19. The van der Waals surface area contributed by atoms with Gasteiger partial charge in [0.25, 0.3) is 0 Å². The number of halogens is 2. The summed E-state index contributed by atoms with van der Waals surface area (Å²) in [4.78, 5) is 61.3. The number of ether oxygens (including phenoxy) is 3. The fraction of sp³-hybridized carbons (Fsp3) is 0.254. The summed E-state index contributed by atoms with van der Waals surface area (Å²) in [6, 6.07) is 34.8. The maximum Gasteiger partial charge on any atom is 0.488 e. The summed E-state index contributed by atoms with van der Waals surface area (Å²) in [6.07, 6.45) is 16.4. The molecule has 0 aliphatic carbocycles. The van der Waals surface area contributed by atoms with Crippen LogP contribution in [0.5, 0.6) is 0 Å². The molecule has 0 spiro atoms. The number of pyridine rings is 6. The number of hydrogen-bond donors (Lipinski definition) is 11. The molecule has 506 valence electrons. The standard InChI is InChI=1S/C14H13N3.C13H16BrN3O2.C11H16BrN3O2.C11H17N3O2.C6H7BO2.C6H5N3.C6H9N3/c15-9-12-8-14-16-6-7-17(14)10-13(12)11-4-2-1-3-5-11;1-13(2,3)19-12(18)16-7-9-6-11-15-4-5-17(11)8-10(9)14;1-11(2,3)17-10(16)15-5-7-4-9(13)14-6-8(7)12;1-11(2,3)16-10(15)14-7-8-4-5-13-9(12)6-8;8-7(9)6-4-2-1-3-5-6;1-8-5-2-3-9-6(7)4-5;7-4-5-1-2-9-6(8)3-5/h1-8,10H,9,15H2;4-6,8H,7H2,1-3H3,(H,16,18);4,6H,5H2,1-3H3,(H2,13,14)(H,15,16);4-6H,7H2,1-3H3,(H2,12,13)(H,14,15);1-5,8-9H;2-4H,(H2,7,9);1-3H,4,7H2,(H2,8,9). The number of fused-ring (bicyclic) bond motifs is 2. The fourth-order valence-corrected chi connectivity index (χ4v) is 8.43. The van der Waals surface area contributed by atoms with Crippen LogP contribution in [0.4, 0.5) is 43.3 Å². The van der Waals surface area contributed by atoms with Gasteiger partial charge in [-0.1, -0.05) is 60.7 Å². The van der Waals surface area contributed by atoms with E-state index in [0.29, 0.717) is 67.1 Å². The Morgan fingerprint density at radius 2 is 0.958 bits per heavy atom. The van der Waals surface area contributed by atoms with Crippen LogP contribution in [0.3, 0.4) is 0 Å². The van der Waals surface area contributed by atoms with E-state index in [-0.39, 0.29) is 0 Å².